The van der Waals surface area contributed by atoms with Crippen molar-refractivity contribution in [3.8, 4) is 0 Å². The highest BCUT2D eigenvalue weighted by atomic mass is 35.5. The number of likely N-dealkylation sites (tertiary alicyclic amines) is 1. The molecule has 0 unspecified atom stereocenters. The van der Waals surface area contributed by atoms with E-state index in [2.05, 4.69) is 16.3 Å². The molecule has 4 rings (SSSR count). The summed E-state index contributed by atoms with van der Waals surface area (Å²) in [6, 6.07) is 16.0. The zero-order chi connectivity index (χ0) is 18.1. The van der Waals surface area contributed by atoms with Gasteiger partial charge in [-0.05, 0) is 24.6 Å². The van der Waals surface area contributed by atoms with Crippen molar-refractivity contribution in [3.05, 3.63) is 70.2 Å². The molecular formula is C21H22ClN3O. The summed E-state index contributed by atoms with van der Waals surface area (Å²) in [7, 11) is 0. The third-order valence-electron chi connectivity index (χ3n) is 5.19. The Morgan fingerprint density at radius 1 is 1.15 bits per heavy atom. The smallest absolute Gasteiger partial charge is 0.272 e. The zero-order valence-electron chi connectivity index (χ0n) is 14.8. The summed E-state index contributed by atoms with van der Waals surface area (Å²) in [6.07, 6.45) is 1.66. The molecule has 0 aromatic heterocycles. The van der Waals surface area contributed by atoms with Crippen molar-refractivity contribution in [3.63, 3.8) is 0 Å². The van der Waals surface area contributed by atoms with E-state index in [-0.39, 0.29) is 5.91 Å². The van der Waals surface area contributed by atoms with Crippen LogP contribution in [0.5, 0.6) is 0 Å². The SMILES string of the molecule is Cc1ccc(C2=NC3(CCN(Cc4cccc(Cl)c4)CC3)NC2=O)cc1. The highest BCUT2D eigenvalue weighted by Crippen LogP contribution is 2.29. The summed E-state index contributed by atoms with van der Waals surface area (Å²) >= 11 is 6.08. The van der Waals surface area contributed by atoms with Gasteiger partial charge in [0.25, 0.3) is 5.91 Å². The molecule has 2 aromatic carbocycles. The fourth-order valence-corrected chi connectivity index (χ4v) is 3.89. The first kappa shape index (κ1) is 17.3. The van der Waals surface area contributed by atoms with Gasteiger partial charge < -0.3 is 5.32 Å². The molecule has 1 spiro atoms. The van der Waals surface area contributed by atoms with Gasteiger partial charge in [-0.2, -0.15) is 0 Å². The van der Waals surface area contributed by atoms with Crippen molar-refractivity contribution in [2.45, 2.75) is 32.0 Å². The van der Waals surface area contributed by atoms with Gasteiger partial charge in [0.05, 0.1) is 0 Å². The van der Waals surface area contributed by atoms with Crippen LogP contribution in [0.3, 0.4) is 0 Å². The normalized spacial score (nSPS) is 19.5. The second-order valence-corrected chi connectivity index (χ2v) is 7.65. The molecule has 0 saturated carbocycles. The number of piperidine rings is 1. The Morgan fingerprint density at radius 3 is 2.58 bits per heavy atom. The Balaban J connectivity index is 1.45. The van der Waals surface area contributed by atoms with E-state index in [9.17, 15) is 4.79 Å². The number of carbonyl (C=O) groups excluding carboxylic acids is 1. The predicted octanol–water partition coefficient (Wildman–Crippen LogP) is 3.56. The summed E-state index contributed by atoms with van der Waals surface area (Å²) < 4.78 is 0. The molecule has 0 atom stereocenters. The summed E-state index contributed by atoms with van der Waals surface area (Å²) in [5.41, 5.74) is 3.41. The van der Waals surface area contributed by atoms with Gasteiger partial charge in [0.2, 0.25) is 0 Å². The van der Waals surface area contributed by atoms with Crippen LogP contribution in [0.4, 0.5) is 0 Å². The van der Waals surface area contributed by atoms with E-state index in [0.717, 1.165) is 43.1 Å². The Bertz CT molecular complexity index is 852. The van der Waals surface area contributed by atoms with Gasteiger partial charge in [-0.25, -0.2) is 0 Å². The van der Waals surface area contributed by atoms with Crippen molar-refractivity contribution in [1.29, 1.82) is 0 Å². The number of carbonyl (C=O) groups is 1. The number of hydrogen-bond donors (Lipinski definition) is 1. The molecule has 2 aliphatic rings. The van der Waals surface area contributed by atoms with Gasteiger partial charge in [0.1, 0.15) is 11.4 Å². The summed E-state index contributed by atoms with van der Waals surface area (Å²) in [5.74, 6) is -0.0582. The number of hydrogen-bond acceptors (Lipinski definition) is 3. The first-order valence-corrected chi connectivity index (χ1v) is 9.37. The summed E-state index contributed by atoms with van der Waals surface area (Å²) in [4.78, 5) is 19.7. The molecule has 2 heterocycles. The van der Waals surface area contributed by atoms with E-state index in [4.69, 9.17) is 16.6 Å². The molecule has 0 bridgehead atoms. The summed E-state index contributed by atoms with van der Waals surface area (Å²) in [6.45, 7) is 4.71. The number of aliphatic imine (C=N–C) groups is 1. The molecule has 0 aliphatic carbocycles. The molecule has 1 saturated heterocycles. The predicted molar refractivity (Wildman–Crippen MR) is 105 cm³/mol. The maximum absolute atomic E-state index is 12.5. The van der Waals surface area contributed by atoms with Crippen LogP contribution in [0.15, 0.2) is 53.5 Å². The molecule has 0 radical (unpaired) electrons. The van der Waals surface area contributed by atoms with Gasteiger partial charge in [-0.15, -0.1) is 0 Å². The lowest BCUT2D eigenvalue weighted by atomic mass is 9.97. The molecule has 2 aromatic rings. The average molecular weight is 368 g/mol. The zero-order valence-corrected chi connectivity index (χ0v) is 15.6. The second-order valence-electron chi connectivity index (χ2n) is 7.22. The number of aryl methyl sites for hydroxylation is 1. The average Bonchev–Trinajstić information content (AvgIpc) is 2.94. The minimum absolute atomic E-state index is 0.0582. The lowest BCUT2D eigenvalue weighted by Gasteiger charge is -2.37. The van der Waals surface area contributed by atoms with Crippen molar-refractivity contribution < 1.29 is 4.79 Å². The monoisotopic (exact) mass is 367 g/mol. The molecule has 134 valence electrons. The Hall–Kier alpha value is -2.17. The fraction of sp³-hybridized carbons (Fsp3) is 0.333. The molecule has 1 fully saturated rings. The van der Waals surface area contributed by atoms with E-state index in [1.54, 1.807) is 0 Å². The molecule has 2 aliphatic heterocycles. The minimum Gasteiger partial charge on any atom is -0.326 e. The Labute approximate surface area is 158 Å². The van der Waals surface area contributed by atoms with Gasteiger partial charge in [-0.1, -0.05) is 53.6 Å². The standard InChI is InChI=1S/C21H22ClN3O/c1-15-5-7-17(8-6-15)19-20(26)24-21(23-19)9-11-25(12-10-21)14-16-3-2-4-18(22)13-16/h2-8,13H,9-12,14H2,1H3,(H,24,26). The van der Waals surface area contributed by atoms with Crippen LogP contribution < -0.4 is 5.32 Å². The van der Waals surface area contributed by atoms with Crippen LogP contribution in [-0.2, 0) is 11.3 Å². The lowest BCUT2D eigenvalue weighted by molar-refractivity contribution is -0.115. The van der Waals surface area contributed by atoms with Crippen LogP contribution >= 0.6 is 11.6 Å². The Kier molecular flexibility index (Phi) is 4.55. The largest absolute Gasteiger partial charge is 0.326 e. The maximum atomic E-state index is 12.5. The maximum Gasteiger partial charge on any atom is 0.272 e. The van der Waals surface area contributed by atoms with E-state index < -0.39 is 5.66 Å². The molecular weight excluding hydrogens is 346 g/mol. The van der Waals surface area contributed by atoms with E-state index >= 15 is 0 Å². The van der Waals surface area contributed by atoms with Crippen molar-refractivity contribution in [2.75, 3.05) is 13.1 Å². The van der Waals surface area contributed by atoms with Crippen LogP contribution in [0.2, 0.25) is 5.02 Å². The van der Waals surface area contributed by atoms with Crippen LogP contribution in [-0.4, -0.2) is 35.3 Å². The van der Waals surface area contributed by atoms with Crippen molar-refractivity contribution in [1.82, 2.24) is 10.2 Å². The van der Waals surface area contributed by atoms with E-state index in [0.29, 0.717) is 5.71 Å². The van der Waals surface area contributed by atoms with Crippen LogP contribution in [0, 0.1) is 6.92 Å². The van der Waals surface area contributed by atoms with Crippen molar-refractivity contribution >= 4 is 23.2 Å². The first-order chi connectivity index (χ1) is 12.5. The highest BCUT2D eigenvalue weighted by Gasteiger charge is 2.41. The number of benzene rings is 2. The van der Waals surface area contributed by atoms with Crippen molar-refractivity contribution in [2.24, 2.45) is 4.99 Å². The first-order valence-electron chi connectivity index (χ1n) is 8.99. The number of rotatable bonds is 3. The van der Waals surface area contributed by atoms with Crippen LogP contribution in [0.25, 0.3) is 0 Å². The third-order valence-corrected chi connectivity index (χ3v) is 5.43. The number of amides is 1. The molecule has 4 nitrogen and oxygen atoms in total. The van der Waals surface area contributed by atoms with Gasteiger partial charge in [-0.3, -0.25) is 14.7 Å². The topological polar surface area (TPSA) is 44.7 Å². The van der Waals surface area contributed by atoms with Gasteiger partial charge >= 0.3 is 0 Å². The molecule has 1 amide bonds. The second kappa shape index (κ2) is 6.86. The fourth-order valence-electron chi connectivity index (χ4n) is 3.68. The number of halogens is 1. The lowest BCUT2D eigenvalue weighted by Crippen LogP contribution is -2.50. The molecule has 1 N–H and O–H groups in total. The quantitative estimate of drug-likeness (QED) is 0.901. The number of nitrogens with zero attached hydrogens (tertiary/aromatic N) is 2. The van der Waals surface area contributed by atoms with Crippen LogP contribution in [0.1, 0.15) is 29.5 Å². The van der Waals surface area contributed by atoms with E-state index in [1.807, 2.05) is 49.4 Å². The number of nitrogens with one attached hydrogen (secondary N) is 1. The van der Waals surface area contributed by atoms with E-state index in [1.165, 1.54) is 11.1 Å². The molecule has 26 heavy (non-hydrogen) atoms. The van der Waals surface area contributed by atoms with Gasteiger partial charge in [0.15, 0.2) is 0 Å². The highest BCUT2D eigenvalue weighted by molar-refractivity contribution is 6.46. The Morgan fingerprint density at radius 2 is 1.88 bits per heavy atom. The minimum atomic E-state index is -0.442. The molecule has 5 heteroatoms. The summed E-state index contributed by atoms with van der Waals surface area (Å²) in [5, 5.41) is 3.91. The third kappa shape index (κ3) is 3.53. The van der Waals surface area contributed by atoms with Gasteiger partial charge in [0, 0.05) is 43.1 Å².